The van der Waals surface area contributed by atoms with Gasteiger partial charge in [-0.3, -0.25) is 4.79 Å². The highest BCUT2D eigenvalue weighted by Crippen LogP contribution is 2.13. The highest BCUT2D eigenvalue weighted by atomic mass is 16.5. The summed E-state index contributed by atoms with van der Waals surface area (Å²) >= 11 is 0. The molecule has 1 atom stereocenters. The monoisotopic (exact) mass is 334 g/mol. The first-order chi connectivity index (χ1) is 11.7. The third kappa shape index (κ3) is 11.2. The second-order valence-electron chi connectivity index (χ2n) is 6.62. The van der Waals surface area contributed by atoms with Gasteiger partial charge in [0.15, 0.2) is 0 Å². The van der Waals surface area contributed by atoms with Gasteiger partial charge in [-0.25, -0.2) is 0 Å². The Morgan fingerprint density at radius 2 is 1.54 bits per heavy atom. The van der Waals surface area contributed by atoms with Crippen LogP contribution in [0.4, 0.5) is 0 Å². The summed E-state index contributed by atoms with van der Waals surface area (Å²) in [4.78, 5) is 11.7. The number of aliphatic hydroxyl groups excluding tert-OH is 1. The van der Waals surface area contributed by atoms with Crippen LogP contribution in [0.15, 0.2) is 30.3 Å². The van der Waals surface area contributed by atoms with E-state index in [1.54, 1.807) is 0 Å². The third-order valence-electron chi connectivity index (χ3n) is 4.29. The second kappa shape index (κ2) is 14.0. The molecule has 3 heteroatoms. The van der Waals surface area contributed by atoms with Crippen molar-refractivity contribution < 1.29 is 14.6 Å². The second-order valence-corrected chi connectivity index (χ2v) is 6.62. The first kappa shape index (κ1) is 20.7. The number of carbonyl (C=O) groups excluding carboxylic acids is 1. The Kier molecular flexibility index (Phi) is 12.1. The molecule has 0 saturated heterocycles. The molecule has 24 heavy (non-hydrogen) atoms. The number of unbranched alkanes of at least 4 members (excludes halogenated alkanes) is 8. The Hall–Kier alpha value is -1.35. The molecule has 0 aliphatic heterocycles. The summed E-state index contributed by atoms with van der Waals surface area (Å²) in [5, 5.41) is 9.92. The maximum absolute atomic E-state index is 11.7. The number of ether oxygens (including phenoxy) is 1. The van der Waals surface area contributed by atoms with Crippen molar-refractivity contribution in [2.75, 3.05) is 0 Å². The summed E-state index contributed by atoms with van der Waals surface area (Å²) in [6, 6.07) is 9.61. The summed E-state index contributed by atoms with van der Waals surface area (Å²) in [5.74, 6) is -0.317. The van der Waals surface area contributed by atoms with Gasteiger partial charge in [0.25, 0.3) is 0 Å². The highest BCUT2D eigenvalue weighted by molar-refractivity contribution is 5.69. The molecule has 1 aromatic rings. The molecule has 0 aromatic heterocycles. The van der Waals surface area contributed by atoms with E-state index in [0.29, 0.717) is 6.42 Å². The standard InChI is InChI=1S/C21H34O3/c1-2-3-4-5-6-7-8-9-13-16-20(22)17-21(23)24-18-19-14-11-10-12-15-19/h10-12,14-15,20,22H,2-9,13,16-18H2,1H3. The van der Waals surface area contributed by atoms with E-state index in [0.717, 1.165) is 18.4 Å². The molecule has 0 aliphatic rings. The van der Waals surface area contributed by atoms with Gasteiger partial charge in [-0.2, -0.15) is 0 Å². The van der Waals surface area contributed by atoms with E-state index in [2.05, 4.69) is 6.92 Å². The highest BCUT2D eigenvalue weighted by Gasteiger charge is 2.11. The smallest absolute Gasteiger partial charge is 0.308 e. The molecular weight excluding hydrogens is 300 g/mol. The number of esters is 1. The maximum Gasteiger partial charge on any atom is 0.308 e. The lowest BCUT2D eigenvalue weighted by molar-refractivity contribution is -0.147. The van der Waals surface area contributed by atoms with E-state index < -0.39 is 6.10 Å². The molecule has 0 heterocycles. The van der Waals surface area contributed by atoms with Gasteiger partial charge in [0, 0.05) is 0 Å². The zero-order chi connectivity index (χ0) is 17.5. The molecule has 0 radical (unpaired) electrons. The molecule has 1 aromatic carbocycles. The van der Waals surface area contributed by atoms with Crippen molar-refractivity contribution in [3.63, 3.8) is 0 Å². The van der Waals surface area contributed by atoms with Crippen LogP contribution in [0.2, 0.25) is 0 Å². The minimum atomic E-state index is -0.571. The van der Waals surface area contributed by atoms with E-state index in [4.69, 9.17) is 4.74 Å². The summed E-state index contributed by atoms with van der Waals surface area (Å²) in [7, 11) is 0. The van der Waals surface area contributed by atoms with Gasteiger partial charge in [-0.1, -0.05) is 95.0 Å². The van der Waals surface area contributed by atoms with E-state index in [1.807, 2.05) is 30.3 Å². The zero-order valence-corrected chi connectivity index (χ0v) is 15.2. The lowest BCUT2D eigenvalue weighted by Gasteiger charge is -2.10. The Bertz CT molecular complexity index is 416. The summed E-state index contributed by atoms with van der Waals surface area (Å²) in [5.41, 5.74) is 0.972. The fourth-order valence-electron chi connectivity index (χ4n) is 2.78. The first-order valence-electron chi connectivity index (χ1n) is 9.60. The lowest BCUT2D eigenvalue weighted by Crippen LogP contribution is -2.15. The minimum Gasteiger partial charge on any atom is -0.461 e. The summed E-state index contributed by atoms with van der Waals surface area (Å²) in [6.45, 7) is 2.52. The zero-order valence-electron chi connectivity index (χ0n) is 15.2. The van der Waals surface area contributed by atoms with E-state index >= 15 is 0 Å². The Balaban J connectivity index is 1.95. The number of aliphatic hydroxyl groups is 1. The van der Waals surface area contributed by atoms with E-state index in [9.17, 15) is 9.90 Å². The van der Waals surface area contributed by atoms with E-state index in [-0.39, 0.29) is 19.0 Å². The lowest BCUT2D eigenvalue weighted by atomic mass is 10.0. The van der Waals surface area contributed by atoms with Crippen LogP contribution in [-0.2, 0) is 16.1 Å². The number of hydrogen-bond donors (Lipinski definition) is 1. The van der Waals surface area contributed by atoms with Gasteiger partial charge in [-0.05, 0) is 12.0 Å². The molecule has 1 unspecified atom stereocenters. The molecule has 0 bridgehead atoms. The van der Waals surface area contributed by atoms with Crippen LogP contribution in [0.25, 0.3) is 0 Å². The van der Waals surface area contributed by atoms with Crippen molar-refractivity contribution in [3.8, 4) is 0 Å². The topological polar surface area (TPSA) is 46.5 Å². The molecule has 1 N–H and O–H groups in total. The normalized spacial score (nSPS) is 12.1. The minimum absolute atomic E-state index is 0.101. The maximum atomic E-state index is 11.7. The Morgan fingerprint density at radius 3 is 2.17 bits per heavy atom. The van der Waals surface area contributed by atoms with Gasteiger partial charge in [0.05, 0.1) is 12.5 Å². The first-order valence-corrected chi connectivity index (χ1v) is 9.60. The van der Waals surface area contributed by atoms with Crippen molar-refractivity contribution in [2.45, 2.75) is 90.3 Å². The van der Waals surface area contributed by atoms with Crippen molar-refractivity contribution in [3.05, 3.63) is 35.9 Å². The van der Waals surface area contributed by atoms with Crippen molar-refractivity contribution in [1.29, 1.82) is 0 Å². The van der Waals surface area contributed by atoms with Crippen LogP contribution in [0.5, 0.6) is 0 Å². The van der Waals surface area contributed by atoms with Gasteiger partial charge >= 0.3 is 5.97 Å². The molecule has 0 spiro atoms. The van der Waals surface area contributed by atoms with E-state index in [1.165, 1.54) is 44.9 Å². The van der Waals surface area contributed by atoms with Crippen LogP contribution < -0.4 is 0 Å². The molecule has 3 nitrogen and oxygen atoms in total. The predicted octanol–water partition coefficient (Wildman–Crippen LogP) is 5.40. The number of benzene rings is 1. The molecule has 1 rings (SSSR count). The summed E-state index contributed by atoms with van der Waals surface area (Å²) in [6.07, 6.45) is 11.6. The fourth-order valence-corrected chi connectivity index (χ4v) is 2.78. The van der Waals surface area contributed by atoms with Crippen molar-refractivity contribution in [2.24, 2.45) is 0 Å². The average Bonchev–Trinajstić information content (AvgIpc) is 2.59. The van der Waals surface area contributed by atoms with Crippen molar-refractivity contribution in [1.82, 2.24) is 0 Å². The van der Waals surface area contributed by atoms with Crippen LogP contribution in [0, 0.1) is 0 Å². The molecule has 0 fully saturated rings. The molecular formula is C21H34O3. The number of rotatable bonds is 14. The molecule has 136 valence electrons. The van der Waals surface area contributed by atoms with Gasteiger partial charge in [-0.15, -0.1) is 0 Å². The quantitative estimate of drug-likeness (QED) is 0.366. The van der Waals surface area contributed by atoms with Gasteiger partial charge in [0.1, 0.15) is 6.61 Å². The SMILES string of the molecule is CCCCCCCCCCCC(O)CC(=O)OCc1ccccc1. The Morgan fingerprint density at radius 1 is 0.958 bits per heavy atom. The van der Waals surface area contributed by atoms with Gasteiger partial charge in [0.2, 0.25) is 0 Å². The Labute approximate surface area is 147 Å². The summed E-state index contributed by atoms with van der Waals surface area (Å²) < 4.78 is 5.19. The third-order valence-corrected chi connectivity index (χ3v) is 4.29. The van der Waals surface area contributed by atoms with Crippen molar-refractivity contribution >= 4 is 5.97 Å². The fraction of sp³-hybridized carbons (Fsp3) is 0.667. The van der Waals surface area contributed by atoms with Crippen LogP contribution in [0.1, 0.15) is 83.1 Å². The largest absolute Gasteiger partial charge is 0.461 e. The van der Waals surface area contributed by atoms with Gasteiger partial charge < -0.3 is 9.84 Å². The predicted molar refractivity (Wildman–Crippen MR) is 98.7 cm³/mol. The molecule has 0 amide bonds. The van der Waals surface area contributed by atoms with Crippen LogP contribution >= 0.6 is 0 Å². The average molecular weight is 334 g/mol. The van der Waals surface area contributed by atoms with Crippen LogP contribution in [0.3, 0.4) is 0 Å². The number of carbonyl (C=O) groups is 1. The molecule has 0 aliphatic carbocycles. The van der Waals surface area contributed by atoms with Crippen LogP contribution in [-0.4, -0.2) is 17.2 Å². The number of hydrogen-bond acceptors (Lipinski definition) is 3. The molecule has 0 saturated carbocycles.